The topological polar surface area (TPSA) is 92.5 Å². The number of carbonyl (C=O) groups excluding carboxylic acids is 1. The molecule has 0 spiro atoms. The quantitative estimate of drug-likeness (QED) is 0.616. The Kier molecular flexibility index (Phi) is 5.57. The fraction of sp³-hybridized carbons (Fsp3) is 0.462. The van der Waals surface area contributed by atoms with Gasteiger partial charge in [-0.15, -0.1) is 0 Å². The number of hydrogen-bond acceptors (Lipinski definition) is 4. The van der Waals surface area contributed by atoms with Crippen LogP contribution in [0.4, 0.5) is 10.1 Å². The van der Waals surface area contributed by atoms with Crippen molar-refractivity contribution in [3.63, 3.8) is 0 Å². The van der Waals surface area contributed by atoms with Crippen LogP contribution in [0.3, 0.4) is 0 Å². The van der Waals surface area contributed by atoms with E-state index in [4.69, 9.17) is 0 Å². The van der Waals surface area contributed by atoms with Gasteiger partial charge < -0.3 is 10.4 Å². The van der Waals surface area contributed by atoms with Crippen LogP contribution in [0.5, 0.6) is 0 Å². The minimum Gasteiger partial charge on any atom is -0.391 e. The molecular weight excluding hydrogens is 267 g/mol. The molecule has 0 aliphatic heterocycles. The number of amides is 1. The van der Waals surface area contributed by atoms with Gasteiger partial charge in [0.15, 0.2) is 0 Å². The first-order valence-corrected chi connectivity index (χ1v) is 6.21. The minimum absolute atomic E-state index is 0.0152. The molecule has 1 aromatic rings. The summed E-state index contributed by atoms with van der Waals surface area (Å²) in [4.78, 5) is 21.6. The lowest BCUT2D eigenvalue weighted by molar-refractivity contribution is -0.385. The van der Waals surface area contributed by atoms with Crippen LogP contribution in [0, 0.1) is 21.8 Å². The predicted molar refractivity (Wildman–Crippen MR) is 70.8 cm³/mol. The zero-order valence-electron chi connectivity index (χ0n) is 11.3. The average Bonchev–Trinajstić information content (AvgIpc) is 2.34. The van der Waals surface area contributed by atoms with Gasteiger partial charge in [-0.3, -0.25) is 14.9 Å². The maximum Gasteiger partial charge on any atom is 0.273 e. The van der Waals surface area contributed by atoms with E-state index in [1.807, 2.05) is 13.8 Å². The zero-order chi connectivity index (χ0) is 15.3. The van der Waals surface area contributed by atoms with Crippen molar-refractivity contribution < 1.29 is 19.2 Å². The Morgan fingerprint density at radius 2 is 2.10 bits per heavy atom. The van der Waals surface area contributed by atoms with Gasteiger partial charge in [0.2, 0.25) is 0 Å². The van der Waals surface area contributed by atoms with Crippen LogP contribution in [0.2, 0.25) is 0 Å². The summed E-state index contributed by atoms with van der Waals surface area (Å²) in [6.45, 7) is 3.88. The van der Waals surface area contributed by atoms with E-state index in [-0.39, 0.29) is 18.0 Å². The summed E-state index contributed by atoms with van der Waals surface area (Å²) < 4.78 is 13.2. The van der Waals surface area contributed by atoms with Crippen molar-refractivity contribution in [1.29, 1.82) is 0 Å². The number of benzene rings is 1. The van der Waals surface area contributed by atoms with Crippen molar-refractivity contribution >= 4 is 11.6 Å². The van der Waals surface area contributed by atoms with Crippen LogP contribution < -0.4 is 5.32 Å². The van der Waals surface area contributed by atoms with Crippen molar-refractivity contribution in [1.82, 2.24) is 5.32 Å². The molecule has 2 N–H and O–H groups in total. The second-order valence-electron chi connectivity index (χ2n) is 4.95. The van der Waals surface area contributed by atoms with Crippen molar-refractivity contribution in [2.75, 3.05) is 6.54 Å². The highest BCUT2D eigenvalue weighted by molar-refractivity contribution is 5.94. The van der Waals surface area contributed by atoms with E-state index in [1.165, 1.54) is 0 Å². The molecule has 0 saturated carbocycles. The number of halogens is 1. The third-order valence-corrected chi connectivity index (χ3v) is 2.60. The lowest BCUT2D eigenvalue weighted by Crippen LogP contribution is -2.32. The molecule has 0 aliphatic rings. The number of rotatable bonds is 6. The molecule has 0 fully saturated rings. The lowest BCUT2D eigenvalue weighted by atomic mass is 10.1. The second-order valence-corrected chi connectivity index (χ2v) is 4.95. The highest BCUT2D eigenvalue weighted by Crippen LogP contribution is 2.16. The lowest BCUT2D eigenvalue weighted by Gasteiger charge is -2.13. The van der Waals surface area contributed by atoms with Gasteiger partial charge in [0.1, 0.15) is 5.82 Å². The molecule has 6 nitrogen and oxygen atoms in total. The van der Waals surface area contributed by atoms with Gasteiger partial charge in [0.25, 0.3) is 11.6 Å². The first kappa shape index (κ1) is 16.0. The van der Waals surface area contributed by atoms with E-state index in [1.54, 1.807) is 0 Å². The summed E-state index contributed by atoms with van der Waals surface area (Å²) in [5.41, 5.74) is -0.633. The van der Waals surface area contributed by atoms with E-state index in [9.17, 15) is 24.4 Å². The Hall–Kier alpha value is -2.02. The SMILES string of the molecule is CC(C)CC(O)CNC(=O)c1cc(F)cc([N+](=O)[O-])c1. The number of aliphatic hydroxyl groups excluding tert-OH is 1. The third-order valence-electron chi connectivity index (χ3n) is 2.60. The van der Waals surface area contributed by atoms with Crippen LogP contribution in [0.25, 0.3) is 0 Å². The number of nitro groups is 1. The fourth-order valence-electron chi connectivity index (χ4n) is 1.75. The Bertz CT molecular complexity index is 505. The van der Waals surface area contributed by atoms with E-state index in [0.717, 1.165) is 18.2 Å². The van der Waals surface area contributed by atoms with Gasteiger partial charge in [-0.2, -0.15) is 0 Å². The minimum atomic E-state index is -0.855. The summed E-state index contributed by atoms with van der Waals surface area (Å²) >= 11 is 0. The molecular formula is C13H17FN2O4. The van der Waals surface area contributed by atoms with E-state index in [0.29, 0.717) is 6.42 Å². The molecule has 0 aromatic heterocycles. The van der Waals surface area contributed by atoms with Crippen LogP contribution in [0.1, 0.15) is 30.6 Å². The first-order chi connectivity index (χ1) is 9.29. The maximum absolute atomic E-state index is 13.2. The number of non-ortho nitro benzene ring substituents is 1. The van der Waals surface area contributed by atoms with Crippen molar-refractivity contribution in [3.05, 3.63) is 39.7 Å². The van der Waals surface area contributed by atoms with Crippen molar-refractivity contribution in [2.24, 2.45) is 5.92 Å². The third kappa shape index (κ3) is 4.93. The number of nitro benzene ring substituents is 1. The Balaban J connectivity index is 2.70. The molecule has 110 valence electrons. The van der Waals surface area contributed by atoms with E-state index >= 15 is 0 Å². The van der Waals surface area contributed by atoms with Crippen LogP contribution in [0.15, 0.2) is 18.2 Å². The molecule has 1 amide bonds. The van der Waals surface area contributed by atoms with Gasteiger partial charge in [-0.25, -0.2) is 4.39 Å². The van der Waals surface area contributed by atoms with Crippen molar-refractivity contribution in [2.45, 2.75) is 26.4 Å². The molecule has 0 radical (unpaired) electrons. The molecule has 0 aliphatic carbocycles. The average molecular weight is 284 g/mol. The van der Waals surface area contributed by atoms with Gasteiger partial charge >= 0.3 is 0 Å². The molecule has 1 unspecified atom stereocenters. The number of nitrogens with one attached hydrogen (secondary N) is 1. The summed E-state index contributed by atoms with van der Waals surface area (Å²) in [5, 5.41) is 22.6. The van der Waals surface area contributed by atoms with Crippen LogP contribution >= 0.6 is 0 Å². The summed E-state index contributed by atoms with van der Waals surface area (Å²) in [6.07, 6.45) is -0.189. The van der Waals surface area contributed by atoms with Gasteiger partial charge in [0.05, 0.1) is 17.1 Å². The summed E-state index contributed by atoms with van der Waals surface area (Å²) in [6, 6.07) is 2.65. The number of aliphatic hydroxyl groups is 1. The molecule has 1 aromatic carbocycles. The fourth-order valence-corrected chi connectivity index (χ4v) is 1.75. The Labute approximate surface area is 115 Å². The molecule has 20 heavy (non-hydrogen) atoms. The number of carbonyl (C=O) groups is 1. The highest BCUT2D eigenvalue weighted by Gasteiger charge is 2.15. The highest BCUT2D eigenvalue weighted by atomic mass is 19.1. The zero-order valence-corrected chi connectivity index (χ0v) is 11.3. The first-order valence-electron chi connectivity index (χ1n) is 6.21. The summed E-state index contributed by atoms with van der Waals surface area (Å²) in [7, 11) is 0. The molecule has 1 rings (SSSR count). The smallest absolute Gasteiger partial charge is 0.273 e. The monoisotopic (exact) mass is 284 g/mol. The molecule has 1 atom stereocenters. The molecule has 7 heteroatoms. The van der Waals surface area contributed by atoms with Gasteiger partial charge in [-0.1, -0.05) is 13.8 Å². The molecule has 0 bridgehead atoms. The number of hydrogen-bond donors (Lipinski definition) is 2. The standard InChI is InChI=1S/C13H17FN2O4/c1-8(2)3-12(17)7-15-13(18)9-4-10(14)6-11(5-9)16(19)20/h4-6,8,12,17H,3,7H2,1-2H3,(H,15,18). The Morgan fingerprint density at radius 1 is 1.45 bits per heavy atom. The van der Waals surface area contributed by atoms with E-state index < -0.39 is 28.4 Å². The van der Waals surface area contributed by atoms with E-state index in [2.05, 4.69) is 5.32 Å². The second kappa shape index (κ2) is 6.95. The normalized spacial score (nSPS) is 12.2. The Morgan fingerprint density at radius 3 is 2.65 bits per heavy atom. The predicted octanol–water partition coefficient (Wildman–Crippen LogP) is 1.87. The largest absolute Gasteiger partial charge is 0.391 e. The maximum atomic E-state index is 13.2. The summed E-state index contributed by atoms with van der Waals surface area (Å²) in [5.74, 6) is -1.24. The van der Waals surface area contributed by atoms with Crippen LogP contribution in [-0.2, 0) is 0 Å². The van der Waals surface area contributed by atoms with Crippen molar-refractivity contribution in [3.8, 4) is 0 Å². The number of nitrogens with zero attached hydrogens (tertiary/aromatic N) is 1. The van der Waals surface area contributed by atoms with Gasteiger partial charge in [-0.05, 0) is 18.4 Å². The van der Waals surface area contributed by atoms with Gasteiger partial charge in [0, 0.05) is 18.2 Å². The molecule has 0 heterocycles. The van der Waals surface area contributed by atoms with Crippen LogP contribution in [-0.4, -0.2) is 28.6 Å². The molecule has 0 saturated heterocycles.